The number of nitrogens with one attached hydrogen (secondary N) is 1. The Hall–Kier alpha value is -2.61. The monoisotopic (exact) mass is 383 g/mol. The summed E-state index contributed by atoms with van der Waals surface area (Å²) in [6, 6.07) is 5.86. The van der Waals surface area contributed by atoms with E-state index in [-0.39, 0.29) is 17.6 Å². The number of hydrogen-bond donors (Lipinski definition) is 1. The lowest BCUT2D eigenvalue weighted by Gasteiger charge is -2.37. The molecule has 8 heteroatoms. The third kappa shape index (κ3) is 3.01. The molecule has 5 rings (SSSR count). The number of alkyl carbamates (subject to hydrolysis) is 1. The molecule has 5 heterocycles. The van der Waals surface area contributed by atoms with Crippen molar-refractivity contribution in [1.29, 1.82) is 0 Å². The van der Waals surface area contributed by atoms with Crippen LogP contribution in [0.5, 0.6) is 0 Å². The van der Waals surface area contributed by atoms with E-state index in [2.05, 4.69) is 15.2 Å². The fraction of sp³-hybridized carbons (Fsp3) is 0.550. The quantitative estimate of drug-likeness (QED) is 0.872. The van der Waals surface area contributed by atoms with Crippen LogP contribution in [0.3, 0.4) is 0 Å². The van der Waals surface area contributed by atoms with Crippen molar-refractivity contribution in [2.75, 3.05) is 32.7 Å². The normalized spacial score (nSPS) is 22.0. The summed E-state index contributed by atoms with van der Waals surface area (Å²) in [5.74, 6) is 0.0404. The van der Waals surface area contributed by atoms with Crippen LogP contribution in [0.25, 0.3) is 5.65 Å². The highest BCUT2D eigenvalue weighted by atomic mass is 16.6. The molecule has 1 spiro atoms. The van der Waals surface area contributed by atoms with Gasteiger partial charge < -0.3 is 19.4 Å². The molecule has 0 aliphatic carbocycles. The Morgan fingerprint density at radius 2 is 1.96 bits per heavy atom. The molecule has 148 valence electrons. The minimum atomic E-state index is -0.360. The fourth-order valence-electron chi connectivity index (χ4n) is 4.55. The van der Waals surface area contributed by atoms with Gasteiger partial charge in [0, 0.05) is 51.8 Å². The maximum atomic E-state index is 13.1. The smallest absolute Gasteiger partial charge is 0.407 e. The molecule has 0 bridgehead atoms. The molecule has 0 unspecified atom stereocenters. The largest absolute Gasteiger partial charge is 0.441 e. The summed E-state index contributed by atoms with van der Waals surface area (Å²) >= 11 is 0. The van der Waals surface area contributed by atoms with Crippen LogP contribution < -0.4 is 5.32 Å². The second-order valence-corrected chi connectivity index (χ2v) is 8.04. The third-order valence-corrected chi connectivity index (χ3v) is 6.23. The first-order valence-electron chi connectivity index (χ1n) is 10.1. The highest BCUT2D eigenvalue weighted by Crippen LogP contribution is 2.30. The van der Waals surface area contributed by atoms with Crippen molar-refractivity contribution in [2.45, 2.75) is 37.8 Å². The number of imidazole rings is 1. The second kappa shape index (κ2) is 6.77. The maximum absolute atomic E-state index is 13.1. The van der Waals surface area contributed by atoms with Crippen molar-refractivity contribution >= 4 is 17.6 Å². The number of ether oxygens (including phenoxy) is 1. The SMILES string of the molecule is O=C1NCC2(CCN(Cc3c(C(=O)N4CCCC4)nc4ccccn34)CC2)O1. The van der Waals surface area contributed by atoms with E-state index in [4.69, 9.17) is 4.74 Å². The number of fused-ring (bicyclic) bond motifs is 1. The zero-order chi connectivity index (χ0) is 19.1. The average Bonchev–Trinajstić information content (AvgIpc) is 3.44. The van der Waals surface area contributed by atoms with Gasteiger partial charge in [-0.25, -0.2) is 9.78 Å². The molecule has 2 amide bonds. The minimum absolute atomic E-state index is 0.0404. The van der Waals surface area contributed by atoms with E-state index >= 15 is 0 Å². The topological polar surface area (TPSA) is 79.2 Å². The van der Waals surface area contributed by atoms with Gasteiger partial charge in [0.25, 0.3) is 5.91 Å². The highest BCUT2D eigenvalue weighted by molar-refractivity contribution is 5.94. The van der Waals surface area contributed by atoms with Gasteiger partial charge in [0.05, 0.1) is 12.2 Å². The maximum Gasteiger partial charge on any atom is 0.407 e. The zero-order valence-electron chi connectivity index (χ0n) is 15.9. The Kier molecular flexibility index (Phi) is 4.23. The molecule has 3 fully saturated rings. The highest BCUT2D eigenvalue weighted by Gasteiger charge is 2.43. The standard InChI is InChI=1S/C20H25N5O3/c26-18(24-8-3-4-9-24)17-15(25-10-2-1-5-16(25)22-17)13-23-11-6-20(7-12-23)14-21-19(27)28-20/h1-2,5,10H,3-4,6-9,11-14H2,(H,21,27). The summed E-state index contributed by atoms with van der Waals surface area (Å²) in [6.07, 6.45) is 5.40. The summed E-state index contributed by atoms with van der Waals surface area (Å²) in [7, 11) is 0. The average molecular weight is 383 g/mol. The molecule has 3 saturated heterocycles. The van der Waals surface area contributed by atoms with Crippen molar-refractivity contribution in [1.82, 2.24) is 24.5 Å². The molecular formula is C20H25N5O3. The molecule has 2 aromatic heterocycles. The fourth-order valence-corrected chi connectivity index (χ4v) is 4.55. The molecule has 8 nitrogen and oxygen atoms in total. The number of pyridine rings is 1. The third-order valence-electron chi connectivity index (χ3n) is 6.23. The molecule has 3 aliphatic rings. The van der Waals surface area contributed by atoms with E-state index in [0.29, 0.717) is 18.8 Å². The lowest BCUT2D eigenvalue weighted by atomic mass is 9.91. The Balaban J connectivity index is 1.38. The molecule has 2 aromatic rings. The molecule has 28 heavy (non-hydrogen) atoms. The van der Waals surface area contributed by atoms with Gasteiger partial charge in [0.1, 0.15) is 11.2 Å². The Morgan fingerprint density at radius 1 is 1.18 bits per heavy atom. The molecule has 0 radical (unpaired) electrons. The van der Waals surface area contributed by atoms with Crippen LogP contribution in [0.1, 0.15) is 41.9 Å². The van der Waals surface area contributed by atoms with Gasteiger partial charge in [-0.05, 0) is 25.0 Å². The predicted octanol–water partition coefficient (Wildman–Crippen LogP) is 1.64. The summed E-state index contributed by atoms with van der Waals surface area (Å²) in [5.41, 5.74) is 1.97. The molecule has 0 saturated carbocycles. The van der Waals surface area contributed by atoms with Crippen LogP contribution in [0.2, 0.25) is 0 Å². The Morgan fingerprint density at radius 3 is 2.68 bits per heavy atom. The van der Waals surface area contributed by atoms with Gasteiger partial charge in [-0.15, -0.1) is 0 Å². The van der Waals surface area contributed by atoms with Crippen LogP contribution in [0.4, 0.5) is 4.79 Å². The van der Waals surface area contributed by atoms with Gasteiger partial charge in [0.2, 0.25) is 0 Å². The number of amides is 2. The first kappa shape index (κ1) is 17.5. The molecular weight excluding hydrogens is 358 g/mol. The number of nitrogens with zero attached hydrogens (tertiary/aromatic N) is 4. The van der Waals surface area contributed by atoms with Crippen LogP contribution in [0, 0.1) is 0 Å². The molecule has 0 aromatic carbocycles. The summed E-state index contributed by atoms with van der Waals surface area (Å²) in [4.78, 5) is 33.4. The lowest BCUT2D eigenvalue weighted by Crippen LogP contribution is -2.46. The van der Waals surface area contributed by atoms with Crippen LogP contribution in [0.15, 0.2) is 24.4 Å². The van der Waals surface area contributed by atoms with Gasteiger partial charge in [0.15, 0.2) is 5.69 Å². The Labute approximate surface area is 163 Å². The molecule has 3 aliphatic heterocycles. The number of likely N-dealkylation sites (tertiary alicyclic amines) is 2. The number of piperidine rings is 1. The van der Waals surface area contributed by atoms with Gasteiger partial charge >= 0.3 is 6.09 Å². The number of aromatic nitrogens is 2. The van der Waals surface area contributed by atoms with E-state index in [9.17, 15) is 9.59 Å². The number of carbonyl (C=O) groups excluding carboxylic acids is 2. The molecule has 0 atom stereocenters. The van der Waals surface area contributed by atoms with Gasteiger partial charge in [-0.3, -0.25) is 9.69 Å². The van der Waals surface area contributed by atoms with E-state index in [1.54, 1.807) is 0 Å². The zero-order valence-corrected chi connectivity index (χ0v) is 15.9. The second-order valence-electron chi connectivity index (χ2n) is 8.04. The predicted molar refractivity (Wildman–Crippen MR) is 102 cm³/mol. The van der Waals surface area contributed by atoms with Crippen molar-refractivity contribution in [2.24, 2.45) is 0 Å². The first-order chi connectivity index (χ1) is 13.6. The lowest BCUT2D eigenvalue weighted by molar-refractivity contribution is -0.00143. The van der Waals surface area contributed by atoms with E-state index in [1.165, 1.54) is 0 Å². The minimum Gasteiger partial charge on any atom is -0.441 e. The Bertz CT molecular complexity index is 910. The van der Waals surface area contributed by atoms with Gasteiger partial charge in [-0.2, -0.15) is 0 Å². The molecule has 1 N–H and O–H groups in total. The van der Waals surface area contributed by atoms with Gasteiger partial charge in [-0.1, -0.05) is 6.07 Å². The van der Waals surface area contributed by atoms with Crippen molar-refractivity contribution < 1.29 is 14.3 Å². The van der Waals surface area contributed by atoms with Crippen LogP contribution in [-0.2, 0) is 11.3 Å². The summed E-state index contributed by atoms with van der Waals surface area (Å²) in [6.45, 7) is 4.54. The number of carbonyl (C=O) groups is 2. The van der Waals surface area contributed by atoms with E-state index < -0.39 is 0 Å². The van der Waals surface area contributed by atoms with Crippen LogP contribution >= 0.6 is 0 Å². The first-order valence-corrected chi connectivity index (χ1v) is 10.1. The van der Waals surface area contributed by atoms with E-state index in [0.717, 1.165) is 63.2 Å². The summed E-state index contributed by atoms with van der Waals surface area (Å²) in [5, 5.41) is 2.78. The van der Waals surface area contributed by atoms with Crippen molar-refractivity contribution in [3.8, 4) is 0 Å². The van der Waals surface area contributed by atoms with Crippen molar-refractivity contribution in [3.05, 3.63) is 35.8 Å². The van der Waals surface area contributed by atoms with Crippen molar-refractivity contribution in [3.63, 3.8) is 0 Å². The summed E-state index contributed by atoms with van der Waals surface area (Å²) < 4.78 is 7.55. The number of hydrogen-bond acceptors (Lipinski definition) is 5. The van der Waals surface area contributed by atoms with Crippen LogP contribution in [-0.4, -0.2) is 69.5 Å². The number of rotatable bonds is 3. The van der Waals surface area contributed by atoms with E-state index in [1.807, 2.05) is 33.7 Å².